The van der Waals surface area contributed by atoms with Crippen molar-refractivity contribution < 1.29 is 4.74 Å². The van der Waals surface area contributed by atoms with E-state index in [0.29, 0.717) is 6.61 Å². The molecule has 92 valence electrons. The molecule has 0 radical (unpaired) electrons. The molecule has 0 saturated carbocycles. The van der Waals surface area contributed by atoms with Gasteiger partial charge in [-0.15, -0.1) is 0 Å². The molecule has 1 rings (SSSR count). The van der Waals surface area contributed by atoms with E-state index in [1.54, 1.807) is 6.20 Å². The maximum absolute atomic E-state index is 5.54. The van der Waals surface area contributed by atoms with Crippen molar-refractivity contribution in [1.29, 1.82) is 0 Å². The third-order valence-electron chi connectivity index (χ3n) is 1.79. The Morgan fingerprint density at radius 2 is 2.06 bits per heavy atom. The maximum atomic E-state index is 5.54. The third kappa shape index (κ3) is 6.24. The molecule has 4 nitrogen and oxygen atoms in total. The summed E-state index contributed by atoms with van der Waals surface area (Å²) in [4.78, 5) is 6.18. The summed E-state index contributed by atoms with van der Waals surface area (Å²) >= 11 is 0. The molecule has 0 bridgehead atoms. The van der Waals surface area contributed by atoms with E-state index in [1.165, 1.54) is 0 Å². The highest BCUT2D eigenvalue weighted by Gasteiger charge is 1.96. The van der Waals surface area contributed by atoms with Crippen LogP contribution in [0.15, 0.2) is 18.3 Å². The van der Waals surface area contributed by atoms with Gasteiger partial charge in [0.15, 0.2) is 0 Å². The van der Waals surface area contributed by atoms with Gasteiger partial charge >= 0.3 is 0 Å². The zero-order chi connectivity index (χ0) is 12.4. The lowest BCUT2D eigenvalue weighted by atomic mass is 10.4. The number of nitrogens with zero attached hydrogens (tertiary/aromatic N) is 2. The molecule has 0 fully saturated rings. The van der Waals surface area contributed by atoms with E-state index in [1.807, 2.05) is 47.1 Å². The van der Waals surface area contributed by atoms with E-state index in [2.05, 4.69) is 15.2 Å². The summed E-state index contributed by atoms with van der Waals surface area (Å²) in [6, 6.07) is 3.74. The van der Waals surface area contributed by atoms with Gasteiger partial charge in [-0.2, -0.15) is 0 Å². The largest absolute Gasteiger partial charge is 0.492 e. The van der Waals surface area contributed by atoms with Crippen LogP contribution in [0.4, 0.5) is 5.82 Å². The Hall–Kier alpha value is -1.29. The number of hydrogen-bond acceptors (Lipinski definition) is 4. The van der Waals surface area contributed by atoms with Crippen molar-refractivity contribution in [2.45, 2.75) is 13.8 Å². The second-order valence-electron chi connectivity index (χ2n) is 3.28. The summed E-state index contributed by atoms with van der Waals surface area (Å²) in [5, 5.41) is 2.97. The fraction of sp³-hybridized carbons (Fsp3) is 0.583. The first kappa shape index (κ1) is 14.7. The van der Waals surface area contributed by atoms with Gasteiger partial charge in [0, 0.05) is 25.9 Å². The van der Waals surface area contributed by atoms with Crippen molar-refractivity contribution in [3.63, 3.8) is 0 Å². The summed E-state index contributed by atoms with van der Waals surface area (Å²) in [5.74, 6) is 1.68. The number of hydrogen-bond donors (Lipinski definition) is 1. The lowest BCUT2D eigenvalue weighted by Crippen LogP contribution is -2.19. The van der Waals surface area contributed by atoms with Gasteiger partial charge in [-0.1, -0.05) is 13.8 Å². The average Bonchev–Trinajstić information content (AvgIpc) is 2.31. The zero-order valence-corrected chi connectivity index (χ0v) is 10.9. The van der Waals surface area contributed by atoms with Crippen LogP contribution >= 0.6 is 0 Å². The molecule has 0 aliphatic carbocycles. The number of likely N-dealkylation sites (N-methyl/N-ethyl adjacent to an activating group) is 1. The minimum atomic E-state index is 0.695. The lowest BCUT2D eigenvalue weighted by Gasteiger charge is -2.11. The van der Waals surface area contributed by atoms with Gasteiger partial charge < -0.3 is 15.0 Å². The average molecular weight is 225 g/mol. The Labute approximate surface area is 98.6 Å². The molecular formula is C12H23N3O. The summed E-state index contributed by atoms with van der Waals surface area (Å²) in [5.41, 5.74) is 0. The smallest absolute Gasteiger partial charge is 0.129 e. The fourth-order valence-electron chi connectivity index (χ4n) is 0.984. The van der Waals surface area contributed by atoms with Crippen molar-refractivity contribution in [3.8, 4) is 5.75 Å². The summed E-state index contributed by atoms with van der Waals surface area (Å²) in [7, 11) is 5.88. The van der Waals surface area contributed by atoms with Gasteiger partial charge in [-0.25, -0.2) is 4.98 Å². The lowest BCUT2D eigenvalue weighted by molar-refractivity contribution is 0.261. The molecule has 0 amide bonds. The minimum Gasteiger partial charge on any atom is -0.492 e. The predicted molar refractivity (Wildman–Crippen MR) is 69.2 cm³/mol. The summed E-state index contributed by atoms with van der Waals surface area (Å²) < 4.78 is 5.54. The van der Waals surface area contributed by atoms with Crippen molar-refractivity contribution in [2.24, 2.45) is 0 Å². The van der Waals surface area contributed by atoms with Crippen molar-refractivity contribution in [3.05, 3.63) is 18.3 Å². The molecule has 0 aromatic carbocycles. The number of pyridine rings is 1. The van der Waals surface area contributed by atoms with Crippen LogP contribution in [0.5, 0.6) is 5.75 Å². The highest BCUT2D eigenvalue weighted by atomic mass is 16.5. The van der Waals surface area contributed by atoms with E-state index in [9.17, 15) is 0 Å². The van der Waals surface area contributed by atoms with Gasteiger partial charge in [0.1, 0.15) is 18.2 Å². The molecule has 0 aliphatic heterocycles. The molecule has 0 saturated heterocycles. The standard InChI is InChI=1S/C10H17N3O.C2H6/c1-11-10-8-9(4-5-12-10)14-7-6-13(2)3;1-2/h4-5,8H,6-7H2,1-3H3,(H,11,12);1-2H3. The Morgan fingerprint density at radius 3 is 2.62 bits per heavy atom. The number of nitrogens with one attached hydrogen (secondary N) is 1. The maximum Gasteiger partial charge on any atom is 0.129 e. The molecule has 0 aliphatic rings. The molecule has 1 aromatic heterocycles. The van der Waals surface area contributed by atoms with Crippen LogP contribution < -0.4 is 10.1 Å². The van der Waals surface area contributed by atoms with Gasteiger partial charge in [0.2, 0.25) is 0 Å². The van der Waals surface area contributed by atoms with Crippen LogP contribution in [0.1, 0.15) is 13.8 Å². The van der Waals surface area contributed by atoms with Crippen molar-refractivity contribution in [1.82, 2.24) is 9.88 Å². The van der Waals surface area contributed by atoms with E-state index >= 15 is 0 Å². The van der Waals surface area contributed by atoms with Gasteiger partial charge in [-0.3, -0.25) is 0 Å². The van der Waals surface area contributed by atoms with E-state index in [0.717, 1.165) is 18.1 Å². The van der Waals surface area contributed by atoms with Gasteiger partial charge in [0.05, 0.1) is 0 Å². The molecule has 0 atom stereocenters. The number of aromatic nitrogens is 1. The zero-order valence-electron chi connectivity index (χ0n) is 10.9. The summed E-state index contributed by atoms with van der Waals surface area (Å²) in [6.45, 7) is 5.61. The Kier molecular flexibility index (Phi) is 8.25. The summed E-state index contributed by atoms with van der Waals surface area (Å²) in [6.07, 6.45) is 1.73. The molecule has 0 unspecified atom stereocenters. The second-order valence-corrected chi connectivity index (χ2v) is 3.28. The topological polar surface area (TPSA) is 37.4 Å². The number of rotatable bonds is 5. The van der Waals surface area contributed by atoms with Crippen LogP contribution in [-0.2, 0) is 0 Å². The van der Waals surface area contributed by atoms with Crippen molar-refractivity contribution >= 4 is 5.82 Å². The van der Waals surface area contributed by atoms with Crippen LogP contribution in [0.25, 0.3) is 0 Å². The predicted octanol–water partition coefficient (Wildman–Crippen LogP) is 2.09. The monoisotopic (exact) mass is 225 g/mol. The van der Waals surface area contributed by atoms with Gasteiger partial charge in [0.25, 0.3) is 0 Å². The second kappa shape index (κ2) is 8.97. The van der Waals surface area contributed by atoms with Crippen LogP contribution in [0, 0.1) is 0 Å². The Balaban J connectivity index is 0.00000106. The highest BCUT2D eigenvalue weighted by Crippen LogP contribution is 2.13. The van der Waals surface area contributed by atoms with E-state index < -0.39 is 0 Å². The van der Waals surface area contributed by atoms with Crippen LogP contribution in [0.2, 0.25) is 0 Å². The van der Waals surface area contributed by atoms with Crippen LogP contribution in [-0.4, -0.2) is 44.2 Å². The molecule has 16 heavy (non-hydrogen) atoms. The molecule has 4 heteroatoms. The third-order valence-corrected chi connectivity index (χ3v) is 1.79. The number of anilines is 1. The van der Waals surface area contributed by atoms with E-state index in [4.69, 9.17) is 4.74 Å². The van der Waals surface area contributed by atoms with Crippen molar-refractivity contribution in [2.75, 3.05) is 39.6 Å². The van der Waals surface area contributed by atoms with Crippen LogP contribution in [0.3, 0.4) is 0 Å². The number of ether oxygens (including phenoxy) is 1. The first-order valence-corrected chi connectivity index (χ1v) is 5.63. The molecule has 1 N–H and O–H groups in total. The highest BCUT2D eigenvalue weighted by molar-refractivity contribution is 5.39. The van der Waals surface area contributed by atoms with E-state index in [-0.39, 0.29) is 0 Å². The molecule has 1 heterocycles. The first-order chi connectivity index (χ1) is 7.72. The normalized spacial score (nSPS) is 9.38. The molecule has 1 aromatic rings. The first-order valence-electron chi connectivity index (χ1n) is 5.63. The Morgan fingerprint density at radius 1 is 1.38 bits per heavy atom. The Bertz CT molecular complexity index is 277. The molecular weight excluding hydrogens is 202 g/mol. The quantitative estimate of drug-likeness (QED) is 0.832. The fourth-order valence-corrected chi connectivity index (χ4v) is 0.984. The molecule has 0 spiro atoms. The van der Waals surface area contributed by atoms with Gasteiger partial charge in [-0.05, 0) is 20.2 Å². The minimum absolute atomic E-state index is 0.695. The SMILES string of the molecule is CC.CNc1cc(OCCN(C)C)ccn1.